The fourth-order valence-electron chi connectivity index (χ4n) is 3.44. The van der Waals surface area contributed by atoms with Crippen LogP contribution in [-0.2, 0) is 16.6 Å². The highest BCUT2D eigenvalue weighted by molar-refractivity contribution is 7.98. The van der Waals surface area contributed by atoms with Crippen molar-refractivity contribution < 1.29 is 13.2 Å². The number of carbonyl (C=O) groups is 1. The number of rotatable bonds is 8. The zero-order valence-electron chi connectivity index (χ0n) is 19.1. The Balaban J connectivity index is 2.01. The molecule has 0 fully saturated rings. The van der Waals surface area contributed by atoms with Crippen LogP contribution in [0, 0.1) is 13.8 Å². The second-order valence-corrected chi connectivity index (χ2v) is 11.4. The van der Waals surface area contributed by atoms with Crippen LogP contribution in [0.15, 0.2) is 46.3 Å². The second-order valence-electron chi connectivity index (χ2n) is 7.46. The number of aromatic nitrogens is 1. The van der Waals surface area contributed by atoms with Gasteiger partial charge >= 0.3 is 0 Å². The van der Waals surface area contributed by atoms with Crippen LogP contribution in [-0.4, -0.2) is 48.3 Å². The van der Waals surface area contributed by atoms with Gasteiger partial charge in [0.2, 0.25) is 10.0 Å². The smallest absolute Gasteiger partial charge is 0.279 e. The molecule has 0 atom stereocenters. The topological polar surface area (TPSA) is 71.7 Å². The summed E-state index contributed by atoms with van der Waals surface area (Å²) in [6.45, 7) is 9.33. The van der Waals surface area contributed by atoms with Gasteiger partial charge in [-0.1, -0.05) is 25.2 Å². The van der Waals surface area contributed by atoms with Gasteiger partial charge < -0.3 is 4.57 Å². The Morgan fingerprint density at radius 2 is 1.72 bits per heavy atom. The molecule has 172 valence electrons. The Bertz CT molecular complexity index is 1290. The van der Waals surface area contributed by atoms with Gasteiger partial charge in [0, 0.05) is 31.0 Å². The summed E-state index contributed by atoms with van der Waals surface area (Å²) in [5.74, 6) is 0.535. The highest BCUT2D eigenvalue weighted by atomic mass is 32.2. The number of fused-ring (bicyclic) bond motifs is 1. The maximum atomic E-state index is 12.9. The fourth-order valence-corrected chi connectivity index (χ4v) is 6.40. The Kier molecular flexibility index (Phi) is 7.97. The van der Waals surface area contributed by atoms with Crippen molar-refractivity contribution in [3.05, 3.63) is 57.9 Å². The van der Waals surface area contributed by atoms with Crippen LogP contribution in [0.5, 0.6) is 0 Å². The first-order chi connectivity index (χ1) is 15.2. The Hall–Kier alpha value is -1.94. The molecule has 0 radical (unpaired) electrons. The van der Waals surface area contributed by atoms with Crippen LogP contribution < -0.4 is 4.80 Å². The zero-order valence-corrected chi connectivity index (χ0v) is 21.5. The van der Waals surface area contributed by atoms with Crippen LogP contribution in [0.25, 0.3) is 10.2 Å². The maximum absolute atomic E-state index is 12.9. The molecule has 0 aliphatic heterocycles. The quantitative estimate of drug-likeness (QED) is 0.467. The molecule has 2 aromatic carbocycles. The van der Waals surface area contributed by atoms with E-state index in [1.165, 1.54) is 51.0 Å². The molecule has 32 heavy (non-hydrogen) atoms. The first-order valence-electron chi connectivity index (χ1n) is 10.5. The maximum Gasteiger partial charge on any atom is 0.279 e. The first-order valence-corrected chi connectivity index (χ1v) is 14.2. The lowest BCUT2D eigenvalue weighted by molar-refractivity contribution is 0.0997. The third-order valence-electron chi connectivity index (χ3n) is 5.46. The van der Waals surface area contributed by atoms with Crippen molar-refractivity contribution in [2.45, 2.75) is 39.1 Å². The lowest BCUT2D eigenvalue weighted by Gasteiger charge is -2.18. The summed E-state index contributed by atoms with van der Waals surface area (Å²) in [7, 11) is -3.56. The monoisotopic (exact) mass is 491 g/mol. The molecule has 0 saturated carbocycles. The van der Waals surface area contributed by atoms with Gasteiger partial charge in [-0.3, -0.25) is 4.79 Å². The molecule has 0 spiro atoms. The van der Waals surface area contributed by atoms with E-state index in [9.17, 15) is 13.2 Å². The van der Waals surface area contributed by atoms with Gasteiger partial charge in [0.25, 0.3) is 5.91 Å². The van der Waals surface area contributed by atoms with Gasteiger partial charge in [0.15, 0.2) is 4.80 Å². The van der Waals surface area contributed by atoms with Crippen LogP contribution in [0.2, 0.25) is 0 Å². The molecular weight excluding hydrogens is 462 g/mol. The second kappa shape index (κ2) is 10.3. The molecule has 1 heterocycles. The lowest BCUT2D eigenvalue weighted by atomic mass is 10.1. The summed E-state index contributed by atoms with van der Waals surface area (Å²) in [6, 6.07) is 10.3. The summed E-state index contributed by atoms with van der Waals surface area (Å²) in [5, 5.41) is 0. The standard InChI is InChI=1S/C23H29N3O3S3/c1-6-25(7-2)32(28,29)19-10-8-18(9-11-19)22(27)24-23-26(12-13-30-5)20-14-16(3)17(4)15-21(20)31-23/h8-11,14-15H,6-7,12-13H2,1-5H3. The number of hydrogen-bond acceptors (Lipinski definition) is 5. The minimum Gasteiger partial charge on any atom is -0.315 e. The number of carbonyl (C=O) groups excluding carboxylic acids is 1. The van der Waals surface area contributed by atoms with E-state index in [0.717, 1.165) is 22.5 Å². The predicted molar refractivity (Wildman–Crippen MR) is 134 cm³/mol. The van der Waals surface area contributed by atoms with E-state index in [2.05, 4.69) is 41.8 Å². The van der Waals surface area contributed by atoms with Crippen LogP contribution >= 0.6 is 23.1 Å². The van der Waals surface area contributed by atoms with E-state index >= 15 is 0 Å². The minimum absolute atomic E-state index is 0.181. The predicted octanol–water partition coefficient (Wildman–Crippen LogP) is 4.45. The SMILES string of the molecule is CCN(CC)S(=O)(=O)c1ccc(C(=O)N=c2sc3cc(C)c(C)cc3n2CCSC)cc1. The van der Waals surface area contributed by atoms with Gasteiger partial charge in [-0.2, -0.15) is 21.1 Å². The first kappa shape index (κ1) is 24.7. The van der Waals surface area contributed by atoms with E-state index in [4.69, 9.17) is 0 Å². The van der Waals surface area contributed by atoms with Gasteiger partial charge in [-0.25, -0.2) is 8.42 Å². The third-order valence-corrected chi connectivity index (χ3v) is 9.15. The Morgan fingerprint density at radius 3 is 2.31 bits per heavy atom. The molecule has 3 rings (SSSR count). The summed E-state index contributed by atoms with van der Waals surface area (Å²) in [5.41, 5.74) is 3.86. The molecule has 0 aliphatic rings. The molecule has 9 heteroatoms. The number of benzene rings is 2. The normalized spacial score (nSPS) is 12.8. The number of thioether (sulfide) groups is 1. The molecule has 0 saturated heterocycles. The number of amides is 1. The Morgan fingerprint density at radius 1 is 1.09 bits per heavy atom. The fraction of sp³-hybridized carbons (Fsp3) is 0.391. The molecule has 0 bridgehead atoms. The van der Waals surface area contributed by atoms with Crippen molar-refractivity contribution in [3.8, 4) is 0 Å². The van der Waals surface area contributed by atoms with Crippen molar-refractivity contribution in [2.75, 3.05) is 25.1 Å². The van der Waals surface area contributed by atoms with Crippen LogP contribution in [0.3, 0.4) is 0 Å². The van der Waals surface area contributed by atoms with Crippen molar-refractivity contribution in [1.82, 2.24) is 8.87 Å². The number of thiazole rings is 1. The van der Waals surface area contributed by atoms with Crippen LogP contribution in [0.1, 0.15) is 35.3 Å². The van der Waals surface area contributed by atoms with Gasteiger partial charge in [-0.15, -0.1) is 0 Å². The molecular formula is C23H29N3O3S3. The van der Waals surface area contributed by atoms with Crippen LogP contribution in [0.4, 0.5) is 0 Å². The van der Waals surface area contributed by atoms with Gasteiger partial charge in [0.05, 0.1) is 15.1 Å². The third kappa shape index (κ3) is 5.01. The minimum atomic E-state index is -3.56. The summed E-state index contributed by atoms with van der Waals surface area (Å²) >= 11 is 3.25. The molecule has 6 nitrogen and oxygen atoms in total. The highest BCUT2D eigenvalue weighted by Crippen LogP contribution is 2.23. The molecule has 0 unspecified atom stereocenters. The average molecular weight is 492 g/mol. The van der Waals surface area contributed by atoms with E-state index in [1.54, 1.807) is 25.6 Å². The summed E-state index contributed by atoms with van der Waals surface area (Å²) in [4.78, 5) is 18.2. The van der Waals surface area contributed by atoms with Crippen molar-refractivity contribution in [3.63, 3.8) is 0 Å². The molecule has 0 aliphatic carbocycles. The van der Waals surface area contributed by atoms with E-state index in [-0.39, 0.29) is 10.8 Å². The van der Waals surface area contributed by atoms with Crippen molar-refractivity contribution in [1.29, 1.82) is 0 Å². The highest BCUT2D eigenvalue weighted by Gasteiger charge is 2.21. The van der Waals surface area contributed by atoms with E-state index in [1.807, 2.05) is 0 Å². The number of nitrogens with zero attached hydrogens (tertiary/aromatic N) is 3. The largest absolute Gasteiger partial charge is 0.315 e. The number of hydrogen-bond donors (Lipinski definition) is 0. The molecule has 1 aromatic heterocycles. The zero-order chi connectivity index (χ0) is 23.5. The lowest BCUT2D eigenvalue weighted by Crippen LogP contribution is -2.30. The molecule has 1 amide bonds. The van der Waals surface area contributed by atoms with Crippen molar-refractivity contribution >= 4 is 49.2 Å². The average Bonchev–Trinajstić information content (AvgIpc) is 3.08. The Labute approximate surface area is 198 Å². The van der Waals surface area contributed by atoms with Crippen molar-refractivity contribution in [2.24, 2.45) is 4.99 Å². The number of sulfonamides is 1. The summed E-state index contributed by atoms with van der Waals surface area (Å²) < 4.78 is 29.9. The molecule has 3 aromatic rings. The van der Waals surface area contributed by atoms with Gasteiger partial charge in [-0.05, 0) is 67.6 Å². The summed E-state index contributed by atoms with van der Waals surface area (Å²) in [6.07, 6.45) is 2.06. The molecule has 0 N–H and O–H groups in total. The number of aryl methyl sites for hydroxylation is 3. The van der Waals surface area contributed by atoms with E-state index in [0.29, 0.717) is 23.5 Å². The van der Waals surface area contributed by atoms with E-state index < -0.39 is 10.0 Å². The van der Waals surface area contributed by atoms with Gasteiger partial charge in [0.1, 0.15) is 0 Å².